The van der Waals surface area contributed by atoms with Crippen molar-refractivity contribution in [1.29, 1.82) is 0 Å². The Labute approximate surface area is 129 Å². The van der Waals surface area contributed by atoms with E-state index in [-0.39, 0.29) is 36.2 Å². The third kappa shape index (κ3) is 3.57. The summed E-state index contributed by atoms with van der Waals surface area (Å²) in [5, 5.41) is 12.1. The molecule has 1 aromatic carbocycles. The second-order valence-electron chi connectivity index (χ2n) is 6.53. The Bertz CT molecular complexity index is 709. The number of benzene rings is 1. The van der Waals surface area contributed by atoms with E-state index in [0.717, 1.165) is 0 Å². The van der Waals surface area contributed by atoms with Crippen molar-refractivity contribution in [3.63, 3.8) is 0 Å². The number of amides is 1. The van der Waals surface area contributed by atoms with Crippen LogP contribution in [0.2, 0.25) is 0 Å². The molecule has 1 heterocycles. The van der Waals surface area contributed by atoms with Crippen molar-refractivity contribution in [3.05, 3.63) is 34.7 Å². The Balaban J connectivity index is 2.17. The molecule has 2 aromatic rings. The fourth-order valence-corrected chi connectivity index (χ4v) is 2.50. The zero-order valence-corrected chi connectivity index (χ0v) is 13.2. The van der Waals surface area contributed by atoms with Crippen LogP contribution in [0.4, 0.5) is 0 Å². The van der Waals surface area contributed by atoms with Crippen molar-refractivity contribution in [3.8, 4) is 0 Å². The number of para-hydroxylation sites is 2. The second kappa shape index (κ2) is 6.36. The van der Waals surface area contributed by atoms with Gasteiger partial charge >= 0.3 is 5.69 Å². The van der Waals surface area contributed by atoms with Gasteiger partial charge in [0.15, 0.2) is 0 Å². The summed E-state index contributed by atoms with van der Waals surface area (Å²) in [6.07, 6.45) is 0.484. The maximum Gasteiger partial charge on any atom is 0.326 e. The molecule has 3 N–H and O–H groups in total. The van der Waals surface area contributed by atoms with Crippen LogP contribution in [0.1, 0.15) is 27.2 Å². The lowest BCUT2D eigenvalue weighted by molar-refractivity contribution is -0.123. The van der Waals surface area contributed by atoms with Gasteiger partial charge < -0.3 is 15.4 Å². The number of fused-ring (bicyclic) bond motifs is 1. The number of imidazole rings is 1. The number of carbonyl (C=O) groups is 1. The van der Waals surface area contributed by atoms with Crippen LogP contribution in [-0.2, 0) is 11.3 Å². The first-order valence-electron chi connectivity index (χ1n) is 7.40. The van der Waals surface area contributed by atoms with Crippen LogP contribution >= 0.6 is 0 Å². The highest BCUT2D eigenvalue weighted by Crippen LogP contribution is 2.21. The van der Waals surface area contributed by atoms with E-state index >= 15 is 0 Å². The molecule has 0 fully saturated rings. The SMILES string of the molecule is CC(C)(C)C(CCO)NC(=O)Cn1c(=O)[nH]c2ccccc21. The highest BCUT2D eigenvalue weighted by molar-refractivity contribution is 5.80. The molecule has 0 aliphatic heterocycles. The van der Waals surface area contributed by atoms with Crippen molar-refractivity contribution in [1.82, 2.24) is 14.9 Å². The van der Waals surface area contributed by atoms with Gasteiger partial charge in [0.25, 0.3) is 0 Å². The third-order valence-corrected chi connectivity index (χ3v) is 3.78. The average molecular weight is 305 g/mol. The molecule has 0 spiro atoms. The number of aliphatic hydroxyl groups is 1. The summed E-state index contributed by atoms with van der Waals surface area (Å²) in [4.78, 5) is 27.0. The van der Waals surface area contributed by atoms with E-state index in [1.165, 1.54) is 4.57 Å². The number of rotatable bonds is 5. The predicted octanol–water partition coefficient (Wildman–Crippen LogP) is 1.24. The monoisotopic (exact) mass is 305 g/mol. The molecule has 0 bridgehead atoms. The lowest BCUT2D eigenvalue weighted by atomic mass is 9.85. The number of nitrogens with zero attached hydrogens (tertiary/aromatic N) is 1. The van der Waals surface area contributed by atoms with Gasteiger partial charge in [-0.3, -0.25) is 9.36 Å². The first-order chi connectivity index (χ1) is 10.3. The zero-order chi connectivity index (χ0) is 16.3. The fraction of sp³-hybridized carbons (Fsp3) is 0.500. The van der Waals surface area contributed by atoms with E-state index in [9.17, 15) is 9.59 Å². The number of carbonyl (C=O) groups excluding carboxylic acids is 1. The maximum absolute atomic E-state index is 12.3. The van der Waals surface area contributed by atoms with Gasteiger partial charge in [-0.2, -0.15) is 0 Å². The summed E-state index contributed by atoms with van der Waals surface area (Å²) in [5.74, 6) is -0.236. The highest BCUT2D eigenvalue weighted by atomic mass is 16.3. The summed E-state index contributed by atoms with van der Waals surface area (Å²) in [5.41, 5.74) is 0.954. The van der Waals surface area contributed by atoms with Crippen LogP contribution in [0.3, 0.4) is 0 Å². The van der Waals surface area contributed by atoms with Crippen molar-refractivity contribution < 1.29 is 9.90 Å². The Morgan fingerprint density at radius 1 is 1.36 bits per heavy atom. The molecule has 1 aromatic heterocycles. The zero-order valence-electron chi connectivity index (χ0n) is 13.2. The van der Waals surface area contributed by atoms with E-state index in [1.54, 1.807) is 12.1 Å². The molecule has 0 aliphatic rings. The van der Waals surface area contributed by atoms with Crippen molar-refractivity contribution in [2.24, 2.45) is 5.41 Å². The molecule has 0 saturated carbocycles. The smallest absolute Gasteiger partial charge is 0.326 e. The minimum Gasteiger partial charge on any atom is -0.396 e. The fourth-order valence-electron chi connectivity index (χ4n) is 2.50. The first kappa shape index (κ1) is 16.3. The molecule has 1 amide bonds. The topological polar surface area (TPSA) is 87.1 Å². The van der Waals surface area contributed by atoms with Gasteiger partial charge in [0.05, 0.1) is 11.0 Å². The van der Waals surface area contributed by atoms with Crippen molar-refractivity contribution in [2.75, 3.05) is 6.61 Å². The Hall–Kier alpha value is -2.08. The molecule has 0 saturated heterocycles. The molecule has 120 valence electrons. The Morgan fingerprint density at radius 3 is 2.68 bits per heavy atom. The van der Waals surface area contributed by atoms with Gasteiger partial charge in [-0.15, -0.1) is 0 Å². The van der Waals surface area contributed by atoms with Crippen LogP contribution in [0.5, 0.6) is 0 Å². The molecule has 22 heavy (non-hydrogen) atoms. The van der Waals surface area contributed by atoms with Gasteiger partial charge in [-0.05, 0) is 24.0 Å². The lowest BCUT2D eigenvalue weighted by Crippen LogP contribution is -2.46. The number of nitrogens with one attached hydrogen (secondary N) is 2. The van der Waals surface area contributed by atoms with Crippen molar-refractivity contribution in [2.45, 2.75) is 39.8 Å². The number of hydrogen-bond donors (Lipinski definition) is 3. The van der Waals surface area contributed by atoms with Gasteiger partial charge in [-0.1, -0.05) is 32.9 Å². The molecule has 1 unspecified atom stereocenters. The van der Waals surface area contributed by atoms with E-state index in [4.69, 9.17) is 5.11 Å². The summed E-state index contributed by atoms with van der Waals surface area (Å²) in [7, 11) is 0. The number of H-pyrrole nitrogens is 1. The molecule has 0 aliphatic carbocycles. The number of aromatic amines is 1. The maximum atomic E-state index is 12.3. The normalized spacial score (nSPS) is 13.3. The minimum absolute atomic E-state index is 0.00918. The summed E-state index contributed by atoms with van der Waals surface area (Å²) in [6.45, 7) is 5.98. The molecule has 1 atom stereocenters. The van der Waals surface area contributed by atoms with Crippen LogP contribution in [0.15, 0.2) is 29.1 Å². The van der Waals surface area contributed by atoms with E-state index in [1.807, 2.05) is 32.9 Å². The van der Waals surface area contributed by atoms with E-state index in [2.05, 4.69) is 10.3 Å². The number of aliphatic hydroxyl groups excluding tert-OH is 1. The third-order valence-electron chi connectivity index (χ3n) is 3.78. The summed E-state index contributed by atoms with van der Waals surface area (Å²) >= 11 is 0. The second-order valence-corrected chi connectivity index (χ2v) is 6.53. The first-order valence-corrected chi connectivity index (χ1v) is 7.40. The molecular weight excluding hydrogens is 282 g/mol. The molecule has 6 nitrogen and oxygen atoms in total. The van der Waals surface area contributed by atoms with E-state index < -0.39 is 0 Å². The number of hydrogen-bond acceptors (Lipinski definition) is 3. The van der Waals surface area contributed by atoms with Gasteiger partial charge in [0, 0.05) is 12.6 Å². The summed E-state index contributed by atoms with van der Waals surface area (Å²) < 4.78 is 1.42. The van der Waals surface area contributed by atoms with Crippen LogP contribution in [0, 0.1) is 5.41 Å². The van der Waals surface area contributed by atoms with E-state index in [0.29, 0.717) is 17.5 Å². The minimum atomic E-state index is -0.300. The quantitative estimate of drug-likeness (QED) is 0.777. The van der Waals surface area contributed by atoms with Gasteiger partial charge in [-0.25, -0.2) is 4.79 Å². The Morgan fingerprint density at radius 2 is 2.05 bits per heavy atom. The molecule has 6 heteroatoms. The predicted molar refractivity (Wildman–Crippen MR) is 85.6 cm³/mol. The van der Waals surface area contributed by atoms with Crippen molar-refractivity contribution >= 4 is 16.9 Å². The largest absolute Gasteiger partial charge is 0.396 e. The van der Waals surface area contributed by atoms with Crippen LogP contribution in [0.25, 0.3) is 11.0 Å². The Kier molecular flexibility index (Phi) is 4.71. The molecule has 0 radical (unpaired) electrons. The summed E-state index contributed by atoms with van der Waals surface area (Å²) in [6, 6.07) is 7.11. The highest BCUT2D eigenvalue weighted by Gasteiger charge is 2.26. The average Bonchev–Trinajstić information content (AvgIpc) is 2.74. The molecule has 2 rings (SSSR count). The standard InChI is InChI=1S/C16H23N3O3/c1-16(2,3)13(8-9-20)18-14(21)10-19-12-7-5-4-6-11(12)17-15(19)22/h4-7,13,20H,8-10H2,1-3H3,(H,17,22)(H,18,21). The van der Waals surface area contributed by atoms with Gasteiger partial charge in [0.2, 0.25) is 5.91 Å². The molecular formula is C16H23N3O3. The van der Waals surface area contributed by atoms with Gasteiger partial charge in [0.1, 0.15) is 6.54 Å². The number of aromatic nitrogens is 2. The lowest BCUT2D eigenvalue weighted by Gasteiger charge is -2.31. The van der Waals surface area contributed by atoms with Crippen LogP contribution in [-0.4, -0.2) is 33.2 Å². The van der Waals surface area contributed by atoms with Crippen LogP contribution < -0.4 is 11.0 Å².